The minimum atomic E-state index is -0.993. The zero-order valence-corrected chi connectivity index (χ0v) is 15.9. The first-order valence-electron chi connectivity index (χ1n) is 10.1. The molecule has 144 valence electrons. The number of nitrogens with zero attached hydrogens (tertiary/aromatic N) is 1. The van der Waals surface area contributed by atoms with E-state index < -0.39 is 5.97 Å². The van der Waals surface area contributed by atoms with Gasteiger partial charge in [0.25, 0.3) is 0 Å². The minimum Gasteiger partial charge on any atom is -0.479 e. The van der Waals surface area contributed by atoms with Crippen molar-refractivity contribution in [1.82, 2.24) is 0 Å². The molecule has 4 aliphatic rings. The van der Waals surface area contributed by atoms with Gasteiger partial charge in [-0.15, -0.1) is 0 Å². The molecule has 3 fully saturated rings. The summed E-state index contributed by atoms with van der Waals surface area (Å²) in [5.41, 5.74) is 2.72. The lowest BCUT2D eigenvalue weighted by atomic mass is 9.47. The normalized spacial score (nSPS) is 46.1. The fourth-order valence-electron chi connectivity index (χ4n) is 6.79. The van der Waals surface area contributed by atoms with Crippen molar-refractivity contribution < 1.29 is 19.8 Å². The van der Waals surface area contributed by atoms with Crippen molar-refractivity contribution in [3.8, 4) is 0 Å². The average molecular weight is 361 g/mol. The molecule has 4 aliphatic carbocycles. The van der Waals surface area contributed by atoms with Gasteiger partial charge in [0, 0.05) is 0 Å². The molecule has 0 aromatic rings. The van der Waals surface area contributed by atoms with E-state index in [4.69, 9.17) is 9.94 Å². The first-order valence-corrected chi connectivity index (χ1v) is 10.1. The van der Waals surface area contributed by atoms with E-state index in [1.165, 1.54) is 24.8 Å². The number of rotatable bonds is 3. The van der Waals surface area contributed by atoms with Gasteiger partial charge >= 0.3 is 5.97 Å². The molecule has 0 unspecified atom stereocenters. The van der Waals surface area contributed by atoms with Gasteiger partial charge in [-0.3, -0.25) is 0 Å². The van der Waals surface area contributed by atoms with Crippen molar-refractivity contribution in [2.45, 2.75) is 71.3 Å². The number of carbonyl (C=O) groups is 1. The van der Waals surface area contributed by atoms with Crippen LogP contribution in [0.25, 0.3) is 0 Å². The highest BCUT2D eigenvalue weighted by Gasteiger charge is 2.58. The first kappa shape index (κ1) is 18.0. The van der Waals surface area contributed by atoms with Crippen molar-refractivity contribution in [2.24, 2.45) is 33.7 Å². The maximum Gasteiger partial charge on any atom is 0.344 e. The quantitative estimate of drug-likeness (QED) is 0.750. The van der Waals surface area contributed by atoms with Crippen LogP contribution in [0.2, 0.25) is 0 Å². The number of carboxylic acids is 1. The van der Waals surface area contributed by atoms with E-state index in [9.17, 15) is 9.90 Å². The monoisotopic (exact) mass is 361 g/mol. The fraction of sp³-hybridized carbons (Fsp3) is 0.810. The summed E-state index contributed by atoms with van der Waals surface area (Å²) in [6.45, 7) is 4.38. The number of oxime groups is 1. The lowest BCUT2D eigenvalue weighted by Crippen LogP contribution is -2.51. The average Bonchev–Trinajstić information content (AvgIpc) is 2.90. The summed E-state index contributed by atoms with van der Waals surface area (Å²) in [7, 11) is 0. The molecule has 0 heterocycles. The zero-order chi connectivity index (χ0) is 18.5. The van der Waals surface area contributed by atoms with E-state index >= 15 is 0 Å². The Hall–Kier alpha value is -1.36. The maximum absolute atomic E-state index is 10.6. The lowest BCUT2D eigenvalue weighted by molar-refractivity contribution is -0.142. The highest BCUT2D eigenvalue weighted by Crippen LogP contribution is 2.65. The second kappa shape index (κ2) is 6.36. The molecule has 0 spiro atoms. The molecule has 5 nitrogen and oxygen atoms in total. The van der Waals surface area contributed by atoms with Crippen molar-refractivity contribution >= 4 is 11.7 Å². The Morgan fingerprint density at radius 1 is 1.19 bits per heavy atom. The number of aliphatic hydroxyl groups excluding tert-OH is 1. The molecule has 3 saturated carbocycles. The van der Waals surface area contributed by atoms with Gasteiger partial charge in [-0.1, -0.05) is 24.6 Å². The van der Waals surface area contributed by atoms with Crippen LogP contribution in [-0.4, -0.2) is 34.6 Å². The lowest BCUT2D eigenvalue weighted by Gasteiger charge is -2.57. The van der Waals surface area contributed by atoms with Crippen LogP contribution in [0.5, 0.6) is 0 Å². The van der Waals surface area contributed by atoms with Gasteiger partial charge < -0.3 is 15.1 Å². The number of allylic oxidation sites excluding steroid dienone is 2. The van der Waals surface area contributed by atoms with E-state index in [2.05, 4.69) is 25.1 Å². The van der Waals surface area contributed by atoms with Gasteiger partial charge in [-0.25, -0.2) is 4.79 Å². The summed E-state index contributed by atoms with van der Waals surface area (Å²) in [4.78, 5) is 15.5. The van der Waals surface area contributed by atoms with Gasteiger partial charge in [-0.2, -0.15) is 0 Å². The Balaban J connectivity index is 1.55. The maximum atomic E-state index is 10.6. The molecule has 2 N–H and O–H groups in total. The number of hydrogen-bond acceptors (Lipinski definition) is 4. The Morgan fingerprint density at radius 2 is 2.00 bits per heavy atom. The fourth-order valence-corrected chi connectivity index (χ4v) is 6.79. The number of aliphatic hydroxyl groups is 1. The summed E-state index contributed by atoms with van der Waals surface area (Å²) in [5, 5.41) is 23.3. The van der Waals surface area contributed by atoms with Crippen LogP contribution in [0.15, 0.2) is 16.8 Å². The van der Waals surface area contributed by atoms with E-state index in [0.717, 1.165) is 43.7 Å². The third-order valence-corrected chi connectivity index (χ3v) is 8.30. The topological polar surface area (TPSA) is 79.1 Å². The smallest absolute Gasteiger partial charge is 0.344 e. The zero-order valence-electron chi connectivity index (χ0n) is 15.9. The van der Waals surface area contributed by atoms with Crippen LogP contribution in [0.1, 0.15) is 65.2 Å². The van der Waals surface area contributed by atoms with Crippen LogP contribution in [0.3, 0.4) is 0 Å². The van der Waals surface area contributed by atoms with Gasteiger partial charge in [0.2, 0.25) is 6.61 Å². The highest BCUT2D eigenvalue weighted by molar-refractivity contribution is 5.96. The standard InChI is InChI=1S/C21H31NO4/c1-20-9-7-14(22-26-12-19(24)25)11-13(20)3-4-15-16-5-6-18(23)21(16,2)10-8-17(15)20/h11,15-18,23H,3-10,12H2,1-2H3,(H,24,25)/b22-14-/t15-,16-,17+,18-,20-,21-/m0/s1. The van der Waals surface area contributed by atoms with Crippen LogP contribution in [0.4, 0.5) is 0 Å². The molecule has 0 amide bonds. The second-order valence-electron chi connectivity index (χ2n) is 9.39. The molecule has 0 aromatic carbocycles. The van der Waals surface area contributed by atoms with Crippen LogP contribution >= 0.6 is 0 Å². The largest absolute Gasteiger partial charge is 0.479 e. The predicted molar refractivity (Wildman–Crippen MR) is 98.7 cm³/mol. The van der Waals surface area contributed by atoms with Crippen molar-refractivity contribution in [3.63, 3.8) is 0 Å². The molecule has 0 bridgehead atoms. The Morgan fingerprint density at radius 3 is 2.77 bits per heavy atom. The van der Waals surface area contributed by atoms with E-state index in [-0.39, 0.29) is 23.5 Å². The van der Waals surface area contributed by atoms with Gasteiger partial charge in [-0.05, 0) is 86.0 Å². The molecular formula is C21H31NO4. The molecule has 0 aliphatic heterocycles. The number of carboxylic acid groups (broad SMARTS) is 1. The van der Waals surface area contributed by atoms with Crippen molar-refractivity contribution in [3.05, 3.63) is 11.6 Å². The molecule has 6 atom stereocenters. The Labute approximate surface area is 155 Å². The van der Waals surface area contributed by atoms with Crippen LogP contribution in [-0.2, 0) is 9.63 Å². The summed E-state index contributed by atoms with van der Waals surface area (Å²) in [6.07, 6.45) is 10.8. The number of fused-ring (bicyclic) bond motifs is 5. The summed E-state index contributed by atoms with van der Waals surface area (Å²) in [6, 6.07) is 0. The third kappa shape index (κ3) is 2.70. The highest BCUT2D eigenvalue weighted by atomic mass is 16.6. The number of hydrogen-bond donors (Lipinski definition) is 2. The summed E-state index contributed by atoms with van der Waals surface area (Å²) >= 11 is 0. The molecule has 26 heavy (non-hydrogen) atoms. The molecular weight excluding hydrogens is 330 g/mol. The van der Waals surface area contributed by atoms with Gasteiger partial charge in [0.1, 0.15) is 0 Å². The molecule has 0 radical (unpaired) electrons. The number of aliphatic carboxylic acids is 1. The van der Waals surface area contributed by atoms with Crippen LogP contribution in [0, 0.1) is 28.6 Å². The summed E-state index contributed by atoms with van der Waals surface area (Å²) < 4.78 is 0. The van der Waals surface area contributed by atoms with E-state index in [1.807, 2.05) is 0 Å². The Bertz CT molecular complexity index is 656. The SMILES string of the molecule is C[C@]12CC[C@@H]3[C@@H](CCC4=C/C(=N\OCC(=O)O)CC[C@@]43C)[C@@H]1CC[C@@H]2O. The predicted octanol–water partition coefficient (Wildman–Crippen LogP) is 3.77. The minimum absolute atomic E-state index is 0.116. The van der Waals surface area contributed by atoms with Crippen molar-refractivity contribution in [2.75, 3.05) is 6.61 Å². The van der Waals surface area contributed by atoms with Gasteiger partial charge in [0.15, 0.2) is 0 Å². The van der Waals surface area contributed by atoms with E-state index in [1.54, 1.807) is 0 Å². The first-order chi connectivity index (χ1) is 12.3. The third-order valence-electron chi connectivity index (χ3n) is 8.30. The van der Waals surface area contributed by atoms with Crippen molar-refractivity contribution in [1.29, 1.82) is 0 Å². The summed E-state index contributed by atoms with van der Waals surface area (Å²) in [5.74, 6) is 1.11. The van der Waals surface area contributed by atoms with Gasteiger partial charge in [0.05, 0.1) is 11.8 Å². The Kier molecular flexibility index (Phi) is 4.41. The molecule has 5 heteroatoms. The van der Waals surface area contributed by atoms with Crippen LogP contribution < -0.4 is 0 Å². The molecule has 4 rings (SSSR count). The molecule has 0 aromatic heterocycles. The van der Waals surface area contributed by atoms with E-state index in [0.29, 0.717) is 11.8 Å². The molecule has 0 saturated heterocycles. The second-order valence-corrected chi connectivity index (χ2v) is 9.39.